The Bertz CT molecular complexity index is 1010. The van der Waals surface area contributed by atoms with E-state index in [1.54, 1.807) is 48.9 Å². The quantitative estimate of drug-likeness (QED) is 0.648. The number of carbonyl (C=O) groups is 2. The summed E-state index contributed by atoms with van der Waals surface area (Å²) in [5, 5.41) is 0. The van der Waals surface area contributed by atoms with Crippen LogP contribution < -0.4 is 9.54 Å². The molecule has 0 aliphatic heterocycles. The third-order valence-electron chi connectivity index (χ3n) is 3.70. The van der Waals surface area contributed by atoms with Crippen molar-refractivity contribution in [3.63, 3.8) is 0 Å². The third kappa shape index (κ3) is 3.83. The molecule has 2 aromatic carbocycles. The van der Waals surface area contributed by atoms with Crippen LogP contribution >= 0.6 is 11.3 Å². The normalized spacial score (nSPS) is 11.5. The molecule has 0 spiro atoms. The second-order valence-electron chi connectivity index (χ2n) is 5.39. The number of benzene rings is 2. The smallest absolute Gasteiger partial charge is 0.326 e. The fraction of sp³-hybridized carbons (Fsp3) is 0.211. The van der Waals surface area contributed by atoms with Gasteiger partial charge in [0.2, 0.25) is 0 Å². The Hall–Kier alpha value is -2.93. The summed E-state index contributed by atoms with van der Waals surface area (Å²) in [6.07, 6.45) is 0. The molecule has 0 saturated carbocycles. The SMILES string of the molecule is CCOC(=O)Cn1c(=NC(=O)c2ccccc2)sc2cc(OC)ccc21. The topological polar surface area (TPSA) is 69.9 Å². The fourth-order valence-electron chi connectivity index (χ4n) is 2.49. The van der Waals surface area contributed by atoms with Gasteiger partial charge in [-0.1, -0.05) is 29.5 Å². The van der Waals surface area contributed by atoms with Gasteiger partial charge in [0.15, 0.2) is 4.80 Å². The molecule has 26 heavy (non-hydrogen) atoms. The second kappa shape index (κ2) is 7.97. The van der Waals surface area contributed by atoms with Crippen molar-refractivity contribution in [3.05, 3.63) is 58.9 Å². The number of thiazole rings is 1. The van der Waals surface area contributed by atoms with Crippen molar-refractivity contribution < 1.29 is 19.1 Å². The van der Waals surface area contributed by atoms with E-state index in [1.165, 1.54) is 11.3 Å². The average Bonchev–Trinajstić information content (AvgIpc) is 2.98. The molecule has 1 amide bonds. The zero-order valence-corrected chi connectivity index (χ0v) is 15.3. The Labute approximate surface area is 154 Å². The number of rotatable bonds is 5. The summed E-state index contributed by atoms with van der Waals surface area (Å²) in [5.41, 5.74) is 1.29. The maximum atomic E-state index is 12.5. The summed E-state index contributed by atoms with van der Waals surface area (Å²) in [4.78, 5) is 29.1. The molecule has 0 saturated heterocycles. The first-order valence-corrected chi connectivity index (χ1v) is 8.91. The highest BCUT2D eigenvalue weighted by atomic mass is 32.1. The monoisotopic (exact) mass is 370 g/mol. The molecule has 6 nitrogen and oxygen atoms in total. The molecular formula is C19H18N2O4S. The van der Waals surface area contributed by atoms with E-state index in [4.69, 9.17) is 9.47 Å². The molecule has 0 N–H and O–H groups in total. The molecule has 1 aromatic heterocycles. The van der Waals surface area contributed by atoms with Crippen LogP contribution in [0, 0.1) is 0 Å². The molecule has 134 valence electrons. The summed E-state index contributed by atoms with van der Waals surface area (Å²) < 4.78 is 12.9. The third-order valence-corrected chi connectivity index (χ3v) is 4.74. The first-order valence-electron chi connectivity index (χ1n) is 8.09. The van der Waals surface area contributed by atoms with E-state index < -0.39 is 0 Å². The van der Waals surface area contributed by atoms with Crippen LogP contribution in [0.1, 0.15) is 17.3 Å². The first kappa shape index (κ1) is 17.9. The number of carbonyl (C=O) groups excluding carboxylic acids is 2. The number of aromatic nitrogens is 1. The lowest BCUT2D eigenvalue weighted by Gasteiger charge is -2.05. The van der Waals surface area contributed by atoms with Crippen LogP contribution in [0.25, 0.3) is 10.2 Å². The van der Waals surface area contributed by atoms with E-state index in [0.29, 0.717) is 22.7 Å². The van der Waals surface area contributed by atoms with Gasteiger partial charge in [-0.15, -0.1) is 0 Å². The lowest BCUT2D eigenvalue weighted by Crippen LogP contribution is -2.23. The van der Waals surface area contributed by atoms with Gasteiger partial charge in [0, 0.05) is 5.56 Å². The number of nitrogens with zero attached hydrogens (tertiary/aromatic N) is 2. The highest BCUT2D eigenvalue weighted by Gasteiger charge is 2.13. The van der Waals surface area contributed by atoms with Crippen molar-refractivity contribution in [1.82, 2.24) is 4.57 Å². The molecule has 3 aromatic rings. The van der Waals surface area contributed by atoms with Gasteiger partial charge >= 0.3 is 5.97 Å². The molecule has 0 radical (unpaired) electrons. The zero-order valence-electron chi connectivity index (χ0n) is 14.5. The zero-order chi connectivity index (χ0) is 18.5. The van der Waals surface area contributed by atoms with Crippen molar-refractivity contribution in [3.8, 4) is 5.75 Å². The standard InChI is InChI=1S/C19H18N2O4S/c1-3-25-17(22)12-21-15-10-9-14(24-2)11-16(15)26-19(21)20-18(23)13-7-5-4-6-8-13/h4-11H,3,12H2,1-2H3. The Morgan fingerprint density at radius 3 is 2.62 bits per heavy atom. The van der Waals surface area contributed by atoms with Crippen molar-refractivity contribution >= 4 is 33.4 Å². The summed E-state index contributed by atoms with van der Waals surface area (Å²) in [6.45, 7) is 2.04. The second-order valence-corrected chi connectivity index (χ2v) is 6.40. The van der Waals surface area contributed by atoms with Crippen LogP contribution in [-0.4, -0.2) is 30.2 Å². The van der Waals surface area contributed by atoms with Gasteiger partial charge < -0.3 is 14.0 Å². The molecule has 0 bridgehead atoms. The largest absolute Gasteiger partial charge is 0.497 e. The van der Waals surface area contributed by atoms with Crippen LogP contribution in [-0.2, 0) is 16.1 Å². The predicted molar refractivity (Wildman–Crippen MR) is 99.3 cm³/mol. The average molecular weight is 370 g/mol. The molecular weight excluding hydrogens is 352 g/mol. The Morgan fingerprint density at radius 1 is 1.15 bits per heavy atom. The van der Waals surface area contributed by atoms with Gasteiger partial charge in [0.25, 0.3) is 5.91 Å². The molecule has 0 atom stereocenters. The lowest BCUT2D eigenvalue weighted by atomic mass is 10.2. The highest BCUT2D eigenvalue weighted by Crippen LogP contribution is 2.23. The van der Waals surface area contributed by atoms with Crippen molar-refractivity contribution in [1.29, 1.82) is 0 Å². The van der Waals surface area contributed by atoms with Crippen LogP contribution in [0.15, 0.2) is 53.5 Å². The Kier molecular flexibility index (Phi) is 5.48. The van der Waals surface area contributed by atoms with E-state index in [1.807, 2.05) is 18.2 Å². The van der Waals surface area contributed by atoms with Gasteiger partial charge in [-0.25, -0.2) is 0 Å². The summed E-state index contributed by atoms with van der Waals surface area (Å²) in [7, 11) is 1.59. The Morgan fingerprint density at radius 2 is 1.92 bits per heavy atom. The number of ether oxygens (including phenoxy) is 2. The molecule has 0 aliphatic carbocycles. The summed E-state index contributed by atoms with van der Waals surface area (Å²) >= 11 is 1.32. The van der Waals surface area contributed by atoms with Crippen LogP contribution in [0.5, 0.6) is 5.75 Å². The minimum Gasteiger partial charge on any atom is -0.497 e. The minimum absolute atomic E-state index is 0.0128. The lowest BCUT2D eigenvalue weighted by molar-refractivity contribution is -0.143. The number of hydrogen-bond acceptors (Lipinski definition) is 5. The van der Waals surface area contributed by atoms with Gasteiger partial charge in [0.05, 0.1) is 23.9 Å². The number of methoxy groups -OCH3 is 1. The van der Waals surface area contributed by atoms with E-state index in [0.717, 1.165) is 10.2 Å². The van der Waals surface area contributed by atoms with E-state index in [2.05, 4.69) is 4.99 Å². The number of fused-ring (bicyclic) bond motifs is 1. The minimum atomic E-state index is -0.378. The van der Waals surface area contributed by atoms with Gasteiger partial charge in [0.1, 0.15) is 12.3 Å². The van der Waals surface area contributed by atoms with Crippen molar-refractivity contribution in [2.75, 3.05) is 13.7 Å². The van der Waals surface area contributed by atoms with Crippen molar-refractivity contribution in [2.45, 2.75) is 13.5 Å². The molecule has 1 heterocycles. The Balaban J connectivity index is 2.11. The van der Waals surface area contributed by atoms with E-state index >= 15 is 0 Å². The van der Waals surface area contributed by atoms with Crippen LogP contribution in [0.3, 0.4) is 0 Å². The maximum absolute atomic E-state index is 12.5. The summed E-state index contributed by atoms with van der Waals surface area (Å²) in [6, 6.07) is 14.3. The van der Waals surface area contributed by atoms with Crippen LogP contribution in [0.2, 0.25) is 0 Å². The van der Waals surface area contributed by atoms with E-state index in [-0.39, 0.29) is 18.4 Å². The molecule has 7 heteroatoms. The molecule has 0 unspecified atom stereocenters. The molecule has 0 fully saturated rings. The van der Waals surface area contributed by atoms with E-state index in [9.17, 15) is 9.59 Å². The van der Waals surface area contributed by atoms with Crippen LogP contribution in [0.4, 0.5) is 0 Å². The highest BCUT2D eigenvalue weighted by molar-refractivity contribution is 7.16. The molecule has 0 aliphatic rings. The predicted octanol–water partition coefficient (Wildman–Crippen LogP) is 3.02. The maximum Gasteiger partial charge on any atom is 0.326 e. The van der Waals surface area contributed by atoms with Gasteiger partial charge in [-0.2, -0.15) is 4.99 Å². The number of esters is 1. The summed E-state index contributed by atoms with van der Waals surface area (Å²) in [5.74, 6) is -0.0404. The number of amides is 1. The van der Waals surface area contributed by atoms with Gasteiger partial charge in [-0.3, -0.25) is 9.59 Å². The first-order chi connectivity index (χ1) is 12.6. The van der Waals surface area contributed by atoms with Gasteiger partial charge in [-0.05, 0) is 37.3 Å². The van der Waals surface area contributed by atoms with Crippen molar-refractivity contribution in [2.24, 2.45) is 4.99 Å². The molecule has 3 rings (SSSR count). The fourth-order valence-corrected chi connectivity index (χ4v) is 3.54. The number of hydrogen-bond donors (Lipinski definition) is 0.